The molecule has 0 spiro atoms. The summed E-state index contributed by atoms with van der Waals surface area (Å²) in [5.41, 5.74) is 3.79. The predicted octanol–water partition coefficient (Wildman–Crippen LogP) is 2.65. The molecule has 0 bridgehead atoms. The fourth-order valence-electron chi connectivity index (χ4n) is 3.87. The summed E-state index contributed by atoms with van der Waals surface area (Å²) in [6.07, 6.45) is 1.81. The molecule has 1 N–H and O–H groups in total. The van der Waals surface area contributed by atoms with Crippen molar-refractivity contribution >= 4 is 5.97 Å². The Morgan fingerprint density at radius 3 is 2.37 bits per heavy atom. The summed E-state index contributed by atoms with van der Waals surface area (Å²) in [7, 11) is 1.64. The smallest absolute Gasteiger partial charge is 0.325 e. The van der Waals surface area contributed by atoms with E-state index in [1.165, 1.54) is 0 Å². The molecule has 0 amide bonds. The number of carboxylic acid groups (broad SMARTS) is 1. The van der Waals surface area contributed by atoms with Gasteiger partial charge in [0.05, 0.1) is 12.8 Å². The number of nitrogens with zero attached hydrogens (tertiary/aromatic N) is 3. The number of carbonyl (C=O) groups is 1. The molecule has 1 saturated heterocycles. The third-order valence-electron chi connectivity index (χ3n) is 5.12. The average Bonchev–Trinajstić information content (AvgIpc) is 2.64. The summed E-state index contributed by atoms with van der Waals surface area (Å²) in [5, 5.41) is 9.89. The van der Waals surface area contributed by atoms with E-state index < -0.39 is 12.0 Å². The molecule has 0 unspecified atom stereocenters. The Morgan fingerprint density at radius 2 is 1.85 bits per heavy atom. The van der Waals surface area contributed by atoms with Crippen molar-refractivity contribution in [2.45, 2.75) is 26.4 Å². The molecule has 144 valence electrons. The molecule has 3 rings (SSSR count). The van der Waals surface area contributed by atoms with E-state index in [1.807, 2.05) is 44.2 Å². The molecule has 1 atom stereocenters. The number of aryl methyl sites for hydroxylation is 2. The molecule has 0 saturated carbocycles. The first kappa shape index (κ1) is 19.3. The lowest BCUT2D eigenvalue weighted by atomic mass is 9.98. The Labute approximate surface area is 160 Å². The maximum Gasteiger partial charge on any atom is 0.325 e. The molecule has 27 heavy (non-hydrogen) atoms. The molecular weight excluding hydrogens is 342 g/mol. The number of ether oxygens (including phenoxy) is 1. The zero-order valence-corrected chi connectivity index (χ0v) is 16.2. The number of methoxy groups -OCH3 is 1. The van der Waals surface area contributed by atoms with Crippen molar-refractivity contribution in [1.29, 1.82) is 0 Å². The Kier molecular flexibility index (Phi) is 6.08. The van der Waals surface area contributed by atoms with Gasteiger partial charge in [0.1, 0.15) is 11.8 Å². The molecule has 2 heterocycles. The fourth-order valence-corrected chi connectivity index (χ4v) is 3.87. The highest BCUT2D eigenvalue weighted by atomic mass is 16.5. The number of carboxylic acids is 1. The Balaban J connectivity index is 1.71. The van der Waals surface area contributed by atoms with Crippen LogP contribution in [-0.4, -0.2) is 59.1 Å². The Morgan fingerprint density at radius 1 is 1.19 bits per heavy atom. The lowest BCUT2D eigenvalue weighted by molar-refractivity contribution is -0.144. The van der Waals surface area contributed by atoms with Crippen LogP contribution in [0.25, 0.3) is 0 Å². The van der Waals surface area contributed by atoms with Crippen molar-refractivity contribution in [1.82, 2.24) is 14.8 Å². The molecule has 1 aromatic carbocycles. The Bertz CT molecular complexity index is 764. The van der Waals surface area contributed by atoms with Gasteiger partial charge in [-0.1, -0.05) is 18.2 Å². The molecule has 6 nitrogen and oxygen atoms in total. The summed E-state index contributed by atoms with van der Waals surface area (Å²) < 4.78 is 5.41. The normalized spacial score (nSPS) is 16.9. The highest BCUT2D eigenvalue weighted by molar-refractivity contribution is 5.76. The molecule has 1 fully saturated rings. The van der Waals surface area contributed by atoms with Gasteiger partial charge in [-0.05, 0) is 42.7 Å². The zero-order valence-electron chi connectivity index (χ0n) is 16.2. The number of hydrogen-bond donors (Lipinski definition) is 1. The highest BCUT2D eigenvalue weighted by Gasteiger charge is 2.31. The number of pyridine rings is 1. The topological polar surface area (TPSA) is 65.9 Å². The Hall–Kier alpha value is -2.44. The predicted molar refractivity (Wildman–Crippen MR) is 104 cm³/mol. The van der Waals surface area contributed by atoms with Crippen LogP contribution in [-0.2, 0) is 11.3 Å². The van der Waals surface area contributed by atoms with Crippen molar-refractivity contribution in [3.05, 3.63) is 58.9 Å². The lowest BCUT2D eigenvalue weighted by Gasteiger charge is -2.38. The van der Waals surface area contributed by atoms with Crippen LogP contribution in [0.3, 0.4) is 0 Å². The van der Waals surface area contributed by atoms with Gasteiger partial charge in [-0.25, -0.2) is 0 Å². The standard InChI is InChI=1S/C21H27N3O3/c1-15-12-17(13-16(2)20(15)27-3)19(21(25)26)24-10-8-23(9-11-24)14-18-6-4-5-7-22-18/h4-7,12-13,19H,8-11,14H2,1-3H3,(H,25,26)/t19-/m1/s1. The van der Waals surface area contributed by atoms with Gasteiger partial charge in [0, 0.05) is 38.9 Å². The summed E-state index contributed by atoms with van der Waals surface area (Å²) in [5.74, 6) is 0.0141. The van der Waals surface area contributed by atoms with Gasteiger partial charge < -0.3 is 9.84 Å². The van der Waals surface area contributed by atoms with Crippen LogP contribution in [0.2, 0.25) is 0 Å². The molecule has 1 aromatic heterocycles. The molecule has 1 aliphatic rings. The van der Waals surface area contributed by atoms with Crippen molar-refractivity contribution < 1.29 is 14.6 Å². The fraction of sp³-hybridized carbons (Fsp3) is 0.429. The van der Waals surface area contributed by atoms with Gasteiger partial charge in [-0.3, -0.25) is 19.6 Å². The minimum Gasteiger partial charge on any atom is -0.496 e. The molecular formula is C21H27N3O3. The van der Waals surface area contributed by atoms with Crippen LogP contribution in [0.15, 0.2) is 36.5 Å². The summed E-state index contributed by atoms with van der Waals surface area (Å²) >= 11 is 0. The number of benzene rings is 1. The molecule has 2 aromatic rings. The minimum absolute atomic E-state index is 0.634. The van der Waals surface area contributed by atoms with Gasteiger partial charge in [-0.15, -0.1) is 0 Å². The van der Waals surface area contributed by atoms with Gasteiger partial charge in [0.25, 0.3) is 0 Å². The maximum atomic E-state index is 12.1. The highest BCUT2D eigenvalue weighted by Crippen LogP contribution is 2.30. The van der Waals surface area contributed by atoms with Gasteiger partial charge >= 0.3 is 5.97 Å². The lowest BCUT2D eigenvalue weighted by Crippen LogP contribution is -2.48. The van der Waals surface area contributed by atoms with Crippen molar-refractivity contribution in [2.75, 3.05) is 33.3 Å². The molecule has 1 aliphatic heterocycles. The summed E-state index contributed by atoms with van der Waals surface area (Å²) in [6.45, 7) is 7.80. The number of aliphatic carboxylic acids is 1. The van der Waals surface area contributed by atoms with Gasteiger partial charge in [-0.2, -0.15) is 0 Å². The largest absolute Gasteiger partial charge is 0.496 e. The maximum absolute atomic E-state index is 12.1. The van der Waals surface area contributed by atoms with E-state index in [0.717, 1.165) is 47.8 Å². The first-order valence-corrected chi connectivity index (χ1v) is 9.24. The van der Waals surface area contributed by atoms with Gasteiger partial charge in [0.15, 0.2) is 0 Å². The van der Waals surface area contributed by atoms with Crippen molar-refractivity contribution in [3.63, 3.8) is 0 Å². The molecule has 6 heteroatoms. The van der Waals surface area contributed by atoms with E-state index in [0.29, 0.717) is 13.1 Å². The van der Waals surface area contributed by atoms with E-state index in [4.69, 9.17) is 4.74 Å². The van der Waals surface area contributed by atoms with E-state index in [9.17, 15) is 9.90 Å². The van der Waals surface area contributed by atoms with Crippen LogP contribution in [0.5, 0.6) is 5.75 Å². The van der Waals surface area contributed by atoms with Gasteiger partial charge in [0.2, 0.25) is 0 Å². The van der Waals surface area contributed by atoms with E-state index in [1.54, 1.807) is 13.3 Å². The second-order valence-corrected chi connectivity index (χ2v) is 7.06. The third-order valence-corrected chi connectivity index (χ3v) is 5.12. The first-order chi connectivity index (χ1) is 13.0. The van der Waals surface area contributed by atoms with Crippen LogP contribution in [0.1, 0.15) is 28.4 Å². The van der Waals surface area contributed by atoms with E-state index in [-0.39, 0.29) is 0 Å². The SMILES string of the molecule is COc1c(C)cc([C@H](C(=O)O)N2CCN(Cc3ccccn3)CC2)cc1C. The number of hydrogen-bond acceptors (Lipinski definition) is 5. The molecule has 0 radical (unpaired) electrons. The number of aromatic nitrogens is 1. The third kappa shape index (κ3) is 4.46. The number of rotatable bonds is 6. The summed E-state index contributed by atoms with van der Waals surface area (Å²) in [6, 6.07) is 9.17. The second-order valence-electron chi connectivity index (χ2n) is 7.06. The van der Waals surface area contributed by atoms with E-state index >= 15 is 0 Å². The molecule has 0 aliphatic carbocycles. The quantitative estimate of drug-likeness (QED) is 0.844. The average molecular weight is 369 g/mol. The van der Waals surface area contributed by atoms with Crippen molar-refractivity contribution in [2.24, 2.45) is 0 Å². The van der Waals surface area contributed by atoms with Crippen molar-refractivity contribution in [3.8, 4) is 5.75 Å². The summed E-state index contributed by atoms with van der Waals surface area (Å²) in [4.78, 5) is 20.8. The van der Waals surface area contributed by atoms with Crippen LogP contribution in [0, 0.1) is 13.8 Å². The van der Waals surface area contributed by atoms with Crippen LogP contribution < -0.4 is 4.74 Å². The van der Waals surface area contributed by atoms with E-state index in [2.05, 4.69) is 14.8 Å². The zero-order chi connectivity index (χ0) is 19.4. The monoisotopic (exact) mass is 369 g/mol. The second kappa shape index (κ2) is 8.50. The van der Waals surface area contributed by atoms with Crippen LogP contribution >= 0.6 is 0 Å². The minimum atomic E-state index is -0.808. The van der Waals surface area contributed by atoms with Crippen LogP contribution in [0.4, 0.5) is 0 Å². The first-order valence-electron chi connectivity index (χ1n) is 9.24. The number of piperazine rings is 1.